The fraction of sp³-hybridized carbons (Fsp3) is 0.211. The highest BCUT2D eigenvalue weighted by Crippen LogP contribution is 2.27. The molecule has 0 aliphatic carbocycles. The quantitative estimate of drug-likeness (QED) is 0.719. The SMILES string of the molecule is COC(=O)c1cccc(NC(=O)CNC(=O)c2c(OC)cccc2OC)c1. The van der Waals surface area contributed by atoms with Crippen LogP contribution in [-0.4, -0.2) is 45.7 Å². The van der Waals surface area contributed by atoms with E-state index in [0.29, 0.717) is 22.7 Å². The molecule has 0 atom stereocenters. The molecule has 2 amide bonds. The molecule has 0 aliphatic heterocycles. The second-order valence-corrected chi connectivity index (χ2v) is 5.34. The molecule has 0 aliphatic rings. The minimum atomic E-state index is -0.511. The minimum absolute atomic E-state index is 0.197. The van der Waals surface area contributed by atoms with Crippen LogP contribution in [0, 0.1) is 0 Å². The average molecular weight is 372 g/mol. The maximum atomic E-state index is 12.4. The van der Waals surface area contributed by atoms with Gasteiger partial charge in [-0.05, 0) is 30.3 Å². The summed E-state index contributed by atoms with van der Waals surface area (Å²) in [5, 5.41) is 5.12. The number of hydrogen-bond donors (Lipinski definition) is 2. The number of rotatable bonds is 7. The van der Waals surface area contributed by atoms with Crippen molar-refractivity contribution in [1.82, 2.24) is 5.32 Å². The molecule has 0 unspecified atom stereocenters. The minimum Gasteiger partial charge on any atom is -0.496 e. The zero-order valence-corrected chi connectivity index (χ0v) is 15.2. The molecule has 0 heterocycles. The molecule has 2 N–H and O–H groups in total. The number of benzene rings is 2. The highest BCUT2D eigenvalue weighted by molar-refractivity contribution is 6.03. The lowest BCUT2D eigenvalue weighted by molar-refractivity contribution is -0.115. The predicted octanol–water partition coefficient (Wildman–Crippen LogP) is 1.86. The van der Waals surface area contributed by atoms with Crippen LogP contribution in [0.5, 0.6) is 11.5 Å². The molecule has 2 aromatic carbocycles. The van der Waals surface area contributed by atoms with Gasteiger partial charge in [-0.15, -0.1) is 0 Å². The molecular weight excluding hydrogens is 352 g/mol. The van der Waals surface area contributed by atoms with Crippen molar-refractivity contribution in [3.8, 4) is 11.5 Å². The Morgan fingerprint density at radius 3 is 2.15 bits per heavy atom. The second kappa shape index (κ2) is 9.23. The van der Waals surface area contributed by atoms with E-state index in [2.05, 4.69) is 15.4 Å². The highest BCUT2D eigenvalue weighted by Gasteiger charge is 2.18. The van der Waals surface area contributed by atoms with Gasteiger partial charge in [-0.3, -0.25) is 9.59 Å². The first-order valence-electron chi connectivity index (χ1n) is 7.97. The predicted molar refractivity (Wildman–Crippen MR) is 98.3 cm³/mol. The Morgan fingerprint density at radius 1 is 0.926 bits per heavy atom. The molecule has 2 rings (SSSR count). The summed E-state index contributed by atoms with van der Waals surface area (Å²) in [5.74, 6) is -0.819. The normalized spacial score (nSPS) is 9.89. The van der Waals surface area contributed by atoms with Crippen LogP contribution >= 0.6 is 0 Å². The first-order chi connectivity index (χ1) is 13.0. The molecule has 2 aromatic rings. The van der Waals surface area contributed by atoms with Crippen LogP contribution in [0.25, 0.3) is 0 Å². The van der Waals surface area contributed by atoms with Gasteiger partial charge < -0.3 is 24.8 Å². The van der Waals surface area contributed by atoms with E-state index in [0.717, 1.165) is 0 Å². The Labute approximate surface area is 156 Å². The first kappa shape index (κ1) is 19.8. The Balaban J connectivity index is 2.02. The molecule has 8 nitrogen and oxygen atoms in total. The lowest BCUT2D eigenvalue weighted by Crippen LogP contribution is -2.33. The van der Waals surface area contributed by atoms with Gasteiger partial charge in [-0.25, -0.2) is 4.79 Å². The van der Waals surface area contributed by atoms with Crippen LogP contribution < -0.4 is 20.1 Å². The van der Waals surface area contributed by atoms with Crippen LogP contribution in [0.15, 0.2) is 42.5 Å². The Bertz CT molecular complexity index is 828. The van der Waals surface area contributed by atoms with Gasteiger partial charge in [0.15, 0.2) is 0 Å². The lowest BCUT2D eigenvalue weighted by Gasteiger charge is -2.13. The number of ether oxygens (including phenoxy) is 3. The Kier molecular flexibility index (Phi) is 6.76. The molecule has 0 aromatic heterocycles. The van der Waals surface area contributed by atoms with E-state index >= 15 is 0 Å². The fourth-order valence-electron chi connectivity index (χ4n) is 2.37. The Morgan fingerprint density at radius 2 is 1.56 bits per heavy atom. The van der Waals surface area contributed by atoms with Crippen molar-refractivity contribution in [2.45, 2.75) is 0 Å². The topological polar surface area (TPSA) is 103 Å². The van der Waals surface area contributed by atoms with E-state index in [1.54, 1.807) is 36.4 Å². The zero-order chi connectivity index (χ0) is 19.8. The van der Waals surface area contributed by atoms with E-state index in [9.17, 15) is 14.4 Å². The molecule has 0 spiro atoms. The van der Waals surface area contributed by atoms with Gasteiger partial charge in [0.05, 0.1) is 33.4 Å². The monoisotopic (exact) mass is 372 g/mol. The van der Waals surface area contributed by atoms with Crippen LogP contribution in [-0.2, 0) is 9.53 Å². The van der Waals surface area contributed by atoms with Gasteiger partial charge in [-0.1, -0.05) is 12.1 Å². The molecular formula is C19H20N2O6. The van der Waals surface area contributed by atoms with E-state index in [1.807, 2.05) is 0 Å². The lowest BCUT2D eigenvalue weighted by atomic mass is 10.1. The summed E-state index contributed by atoms with van der Waals surface area (Å²) in [6, 6.07) is 11.2. The molecule has 0 saturated carbocycles. The third-order valence-corrected chi connectivity index (χ3v) is 3.63. The standard InChI is InChI=1S/C19H20N2O6/c1-25-14-8-5-9-15(26-2)17(14)18(23)20-11-16(22)21-13-7-4-6-12(10-13)19(24)27-3/h4-10H,11H2,1-3H3,(H,20,23)(H,21,22). The smallest absolute Gasteiger partial charge is 0.337 e. The molecule has 8 heteroatoms. The number of hydrogen-bond acceptors (Lipinski definition) is 6. The largest absolute Gasteiger partial charge is 0.496 e. The van der Waals surface area contributed by atoms with Gasteiger partial charge in [-0.2, -0.15) is 0 Å². The first-order valence-corrected chi connectivity index (χ1v) is 7.97. The third-order valence-electron chi connectivity index (χ3n) is 3.63. The number of esters is 1. The van der Waals surface area contributed by atoms with Crippen LogP contribution in [0.3, 0.4) is 0 Å². The number of amides is 2. The van der Waals surface area contributed by atoms with E-state index in [1.165, 1.54) is 27.4 Å². The zero-order valence-electron chi connectivity index (χ0n) is 15.2. The number of methoxy groups -OCH3 is 3. The molecule has 27 heavy (non-hydrogen) atoms. The summed E-state index contributed by atoms with van der Waals surface area (Å²) in [7, 11) is 4.15. The maximum Gasteiger partial charge on any atom is 0.337 e. The Hall–Kier alpha value is -3.55. The van der Waals surface area contributed by atoms with Crippen molar-refractivity contribution >= 4 is 23.5 Å². The number of carbonyl (C=O) groups is 3. The van der Waals surface area contributed by atoms with Crippen molar-refractivity contribution in [2.24, 2.45) is 0 Å². The van der Waals surface area contributed by atoms with E-state index in [-0.39, 0.29) is 12.1 Å². The van der Waals surface area contributed by atoms with Gasteiger partial charge in [0, 0.05) is 5.69 Å². The maximum absolute atomic E-state index is 12.4. The van der Waals surface area contributed by atoms with Crippen LogP contribution in [0.2, 0.25) is 0 Å². The summed E-state index contributed by atoms with van der Waals surface area (Å²) < 4.78 is 15.0. The van der Waals surface area contributed by atoms with Crippen molar-refractivity contribution in [3.05, 3.63) is 53.6 Å². The van der Waals surface area contributed by atoms with Crippen molar-refractivity contribution in [1.29, 1.82) is 0 Å². The number of anilines is 1. The van der Waals surface area contributed by atoms with Crippen molar-refractivity contribution in [3.63, 3.8) is 0 Å². The molecule has 0 radical (unpaired) electrons. The van der Waals surface area contributed by atoms with E-state index in [4.69, 9.17) is 9.47 Å². The van der Waals surface area contributed by atoms with Crippen LogP contribution in [0.4, 0.5) is 5.69 Å². The summed E-state index contributed by atoms with van der Waals surface area (Å²) in [6.07, 6.45) is 0. The number of carbonyl (C=O) groups excluding carboxylic acids is 3. The molecule has 142 valence electrons. The van der Waals surface area contributed by atoms with Gasteiger partial charge in [0.25, 0.3) is 5.91 Å². The number of nitrogens with one attached hydrogen (secondary N) is 2. The second-order valence-electron chi connectivity index (χ2n) is 5.34. The van der Waals surface area contributed by atoms with Gasteiger partial charge in [0.2, 0.25) is 5.91 Å². The highest BCUT2D eigenvalue weighted by atomic mass is 16.5. The van der Waals surface area contributed by atoms with Gasteiger partial charge in [0.1, 0.15) is 17.1 Å². The molecule has 0 fully saturated rings. The molecule has 0 saturated heterocycles. The summed E-state index contributed by atoms with van der Waals surface area (Å²) in [6.45, 7) is -0.275. The summed E-state index contributed by atoms with van der Waals surface area (Å²) in [4.78, 5) is 36.1. The van der Waals surface area contributed by atoms with E-state index < -0.39 is 17.8 Å². The fourth-order valence-corrected chi connectivity index (χ4v) is 2.37. The summed E-state index contributed by atoms with van der Waals surface area (Å²) >= 11 is 0. The van der Waals surface area contributed by atoms with Crippen molar-refractivity contribution < 1.29 is 28.6 Å². The van der Waals surface area contributed by atoms with Gasteiger partial charge >= 0.3 is 5.97 Å². The molecule has 0 bridgehead atoms. The third kappa shape index (κ3) is 4.97. The van der Waals surface area contributed by atoms with Crippen LogP contribution in [0.1, 0.15) is 20.7 Å². The average Bonchev–Trinajstić information content (AvgIpc) is 2.70. The van der Waals surface area contributed by atoms with Crippen molar-refractivity contribution in [2.75, 3.05) is 33.2 Å². The summed E-state index contributed by atoms with van der Waals surface area (Å²) in [5.41, 5.74) is 0.910.